The SMILES string of the molecule is CCN(C(=O)C1CCC(CN)O1)c1ccncc1. The highest BCUT2D eigenvalue weighted by Gasteiger charge is 2.32. The van der Waals surface area contributed by atoms with Crippen molar-refractivity contribution in [2.24, 2.45) is 5.73 Å². The Balaban J connectivity index is 2.07. The van der Waals surface area contributed by atoms with Gasteiger partial charge in [-0.15, -0.1) is 0 Å². The minimum atomic E-state index is -0.355. The van der Waals surface area contributed by atoms with Gasteiger partial charge in [0.15, 0.2) is 0 Å². The summed E-state index contributed by atoms with van der Waals surface area (Å²) in [4.78, 5) is 18.1. The average molecular weight is 249 g/mol. The summed E-state index contributed by atoms with van der Waals surface area (Å²) in [5.41, 5.74) is 6.42. The highest BCUT2D eigenvalue weighted by atomic mass is 16.5. The van der Waals surface area contributed by atoms with E-state index in [0.717, 1.165) is 18.5 Å². The largest absolute Gasteiger partial charge is 0.364 e. The van der Waals surface area contributed by atoms with Crippen molar-refractivity contribution in [3.63, 3.8) is 0 Å². The number of pyridine rings is 1. The maximum absolute atomic E-state index is 12.4. The molecule has 0 saturated carbocycles. The fourth-order valence-corrected chi connectivity index (χ4v) is 2.22. The number of carbonyl (C=O) groups excluding carboxylic acids is 1. The van der Waals surface area contributed by atoms with Gasteiger partial charge in [0, 0.05) is 31.2 Å². The first kappa shape index (κ1) is 13.0. The third kappa shape index (κ3) is 2.68. The summed E-state index contributed by atoms with van der Waals surface area (Å²) in [5, 5.41) is 0. The number of hydrogen-bond acceptors (Lipinski definition) is 4. The molecule has 0 bridgehead atoms. The Kier molecular flexibility index (Phi) is 4.28. The van der Waals surface area contributed by atoms with Crippen molar-refractivity contribution in [1.82, 2.24) is 4.98 Å². The molecule has 2 N–H and O–H groups in total. The molecule has 0 aliphatic carbocycles. The number of nitrogens with two attached hydrogens (primary N) is 1. The summed E-state index contributed by atoms with van der Waals surface area (Å²) in [6.45, 7) is 3.05. The van der Waals surface area contributed by atoms with E-state index in [1.165, 1.54) is 0 Å². The van der Waals surface area contributed by atoms with Gasteiger partial charge in [-0.1, -0.05) is 0 Å². The molecule has 1 fully saturated rings. The van der Waals surface area contributed by atoms with Gasteiger partial charge < -0.3 is 15.4 Å². The van der Waals surface area contributed by atoms with E-state index in [9.17, 15) is 4.79 Å². The van der Waals surface area contributed by atoms with Gasteiger partial charge >= 0.3 is 0 Å². The molecule has 2 heterocycles. The predicted octanol–water partition coefficient (Wildman–Crippen LogP) is 0.941. The minimum Gasteiger partial charge on any atom is -0.364 e. The standard InChI is InChI=1S/C13H19N3O2/c1-2-16(10-5-7-15-8-6-10)13(17)12-4-3-11(9-14)18-12/h5-8,11-12H,2-4,9,14H2,1H3. The zero-order valence-electron chi connectivity index (χ0n) is 10.6. The van der Waals surface area contributed by atoms with Crippen molar-refractivity contribution in [3.8, 4) is 0 Å². The Morgan fingerprint density at radius 2 is 2.22 bits per heavy atom. The van der Waals surface area contributed by atoms with Gasteiger partial charge in [0.05, 0.1) is 6.10 Å². The summed E-state index contributed by atoms with van der Waals surface area (Å²) in [7, 11) is 0. The molecule has 5 heteroatoms. The molecule has 1 aliphatic heterocycles. The van der Waals surface area contributed by atoms with Crippen LogP contribution in [0.5, 0.6) is 0 Å². The molecule has 1 aromatic heterocycles. The van der Waals surface area contributed by atoms with E-state index < -0.39 is 0 Å². The molecule has 5 nitrogen and oxygen atoms in total. The number of ether oxygens (including phenoxy) is 1. The molecule has 1 aromatic rings. The highest BCUT2D eigenvalue weighted by molar-refractivity contribution is 5.96. The first-order valence-corrected chi connectivity index (χ1v) is 6.33. The van der Waals surface area contributed by atoms with Crippen LogP contribution in [0.1, 0.15) is 19.8 Å². The predicted molar refractivity (Wildman–Crippen MR) is 69.2 cm³/mol. The van der Waals surface area contributed by atoms with Crippen molar-refractivity contribution in [2.75, 3.05) is 18.0 Å². The molecule has 2 rings (SSSR count). The first-order chi connectivity index (χ1) is 8.76. The van der Waals surface area contributed by atoms with Crippen molar-refractivity contribution < 1.29 is 9.53 Å². The normalized spacial score (nSPS) is 23.0. The summed E-state index contributed by atoms with van der Waals surface area (Å²) in [6.07, 6.45) is 4.65. The highest BCUT2D eigenvalue weighted by Crippen LogP contribution is 2.23. The summed E-state index contributed by atoms with van der Waals surface area (Å²) in [5.74, 6) is 0.0136. The van der Waals surface area contributed by atoms with Gasteiger partial charge in [-0.25, -0.2) is 0 Å². The zero-order chi connectivity index (χ0) is 13.0. The third-order valence-corrected chi connectivity index (χ3v) is 3.20. The van der Waals surface area contributed by atoms with E-state index in [4.69, 9.17) is 10.5 Å². The van der Waals surface area contributed by atoms with E-state index in [1.807, 2.05) is 19.1 Å². The third-order valence-electron chi connectivity index (χ3n) is 3.20. The van der Waals surface area contributed by atoms with Crippen molar-refractivity contribution in [2.45, 2.75) is 32.0 Å². The fraction of sp³-hybridized carbons (Fsp3) is 0.538. The second-order valence-electron chi connectivity index (χ2n) is 4.35. The Bertz CT molecular complexity index is 396. The Hall–Kier alpha value is -1.46. The van der Waals surface area contributed by atoms with E-state index in [0.29, 0.717) is 13.1 Å². The lowest BCUT2D eigenvalue weighted by molar-refractivity contribution is -0.129. The lowest BCUT2D eigenvalue weighted by atomic mass is 10.1. The molecule has 1 aliphatic rings. The number of nitrogens with zero attached hydrogens (tertiary/aromatic N) is 2. The molecule has 18 heavy (non-hydrogen) atoms. The molecule has 1 saturated heterocycles. The molecular formula is C13H19N3O2. The van der Waals surface area contributed by atoms with Crippen LogP contribution in [0.15, 0.2) is 24.5 Å². The smallest absolute Gasteiger partial charge is 0.256 e. The number of anilines is 1. The van der Waals surface area contributed by atoms with Gasteiger partial charge in [0.1, 0.15) is 6.10 Å². The van der Waals surface area contributed by atoms with Crippen LogP contribution in [0.3, 0.4) is 0 Å². The Labute approximate surface area is 107 Å². The number of amides is 1. The van der Waals surface area contributed by atoms with Crippen LogP contribution >= 0.6 is 0 Å². The number of likely N-dealkylation sites (N-methyl/N-ethyl adjacent to an activating group) is 1. The molecule has 98 valence electrons. The van der Waals surface area contributed by atoms with Gasteiger partial charge in [0.2, 0.25) is 0 Å². The molecule has 1 amide bonds. The van der Waals surface area contributed by atoms with Gasteiger partial charge in [-0.2, -0.15) is 0 Å². The maximum Gasteiger partial charge on any atom is 0.256 e. The number of carbonyl (C=O) groups is 1. The summed E-state index contributed by atoms with van der Waals surface area (Å²) >= 11 is 0. The van der Waals surface area contributed by atoms with Crippen LogP contribution in [-0.2, 0) is 9.53 Å². The second-order valence-corrected chi connectivity index (χ2v) is 4.35. The lowest BCUT2D eigenvalue weighted by Crippen LogP contribution is -2.39. The molecule has 0 aromatic carbocycles. The Morgan fingerprint density at radius 3 is 2.78 bits per heavy atom. The van der Waals surface area contributed by atoms with Crippen LogP contribution in [0, 0.1) is 0 Å². The first-order valence-electron chi connectivity index (χ1n) is 6.33. The van der Waals surface area contributed by atoms with Crippen molar-refractivity contribution in [1.29, 1.82) is 0 Å². The Morgan fingerprint density at radius 1 is 1.50 bits per heavy atom. The topological polar surface area (TPSA) is 68.5 Å². The van der Waals surface area contributed by atoms with E-state index in [-0.39, 0.29) is 18.1 Å². The van der Waals surface area contributed by atoms with Crippen molar-refractivity contribution >= 4 is 11.6 Å². The van der Waals surface area contributed by atoms with Gasteiger partial charge in [-0.05, 0) is 31.9 Å². The molecule has 2 atom stereocenters. The van der Waals surface area contributed by atoms with E-state index in [1.54, 1.807) is 17.3 Å². The summed E-state index contributed by atoms with van der Waals surface area (Å²) in [6, 6.07) is 3.66. The number of hydrogen-bond donors (Lipinski definition) is 1. The number of rotatable bonds is 4. The van der Waals surface area contributed by atoms with Crippen LogP contribution < -0.4 is 10.6 Å². The van der Waals surface area contributed by atoms with E-state index in [2.05, 4.69) is 4.98 Å². The van der Waals surface area contributed by atoms with Gasteiger partial charge in [0.25, 0.3) is 5.91 Å². The molecular weight excluding hydrogens is 230 g/mol. The van der Waals surface area contributed by atoms with Gasteiger partial charge in [-0.3, -0.25) is 9.78 Å². The van der Waals surface area contributed by atoms with Crippen molar-refractivity contribution in [3.05, 3.63) is 24.5 Å². The van der Waals surface area contributed by atoms with E-state index >= 15 is 0 Å². The van der Waals surface area contributed by atoms with Crippen LogP contribution in [0.4, 0.5) is 5.69 Å². The lowest BCUT2D eigenvalue weighted by Gasteiger charge is -2.24. The fourth-order valence-electron chi connectivity index (χ4n) is 2.22. The quantitative estimate of drug-likeness (QED) is 0.862. The average Bonchev–Trinajstić information content (AvgIpc) is 2.89. The monoisotopic (exact) mass is 249 g/mol. The van der Waals surface area contributed by atoms with Crippen LogP contribution in [0.2, 0.25) is 0 Å². The molecule has 2 unspecified atom stereocenters. The minimum absolute atomic E-state index is 0.0136. The maximum atomic E-state index is 12.4. The van der Waals surface area contributed by atoms with Crippen LogP contribution in [0.25, 0.3) is 0 Å². The number of aromatic nitrogens is 1. The summed E-state index contributed by atoms with van der Waals surface area (Å²) < 4.78 is 5.64. The molecule has 0 radical (unpaired) electrons. The zero-order valence-corrected chi connectivity index (χ0v) is 10.6. The second kappa shape index (κ2) is 5.93. The van der Waals surface area contributed by atoms with Crippen LogP contribution in [-0.4, -0.2) is 36.2 Å². The molecule has 0 spiro atoms.